The van der Waals surface area contributed by atoms with Gasteiger partial charge in [-0.05, 0) is 135 Å². The van der Waals surface area contributed by atoms with Crippen LogP contribution in [0.25, 0.3) is 11.0 Å². The van der Waals surface area contributed by atoms with E-state index in [2.05, 4.69) is 57.2 Å². The summed E-state index contributed by atoms with van der Waals surface area (Å²) in [5, 5.41) is 41.0. The smallest absolute Gasteiger partial charge is 0.307 e. The predicted molar refractivity (Wildman–Crippen MR) is 209 cm³/mol. The van der Waals surface area contributed by atoms with Gasteiger partial charge in [0.25, 0.3) is 0 Å². The van der Waals surface area contributed by atoms with Crippen molar-refractivity contribution >= 4 is 28.9 Å². The van der Waals surface area contributed by atoms with Crippen molar-refractivity contribution in [3.05, 3.63) is 106 Å². The van der Waals surface area contributed by atoms with Gasteiger partial charge in [-0.2, -0.15) is 0 Å². The molecule has 6 N–H and O–H groups in total. The summed E-state index contributed by atoms with van der Waals surface area (Å²) >= 11 is 0. The molecule has 0 aliphatic carbocycles. The molecule has 4 aromatic rings. The van der Waals surface area contributed by atoms with Crippen molar-refractivity contribution in [1.29, 1.82) is 0 Å². The molecule has 6 unspecified atom stereocenters. The van der Waals surface area contributed by atoms with E-state index >= 15 is 0 Å². The Morgan fingerprint density at radius 3 is 1.45 bits per heavy atom. The molecule has 3 aliphatic heterocycles. The summed E-state index contributed by atoms with van der Waals surface area (Å²) in [6, 6.07) is 24.7. The standard InChI is InChI=1S/C44H54N4O7/c49-42(50)38(33-9-12-45-22-33)18-28-3-1-5-30(15-28)25-48(26-31-6-2-4-29(16-31)19-39(43(51)52)34-10-13-46-23-34)27-32-7-8-41-36(17-32)20-37(55-41)21-40(44(53)54)35-11-14-47-24-35/h1-8,15-17,20,33-35,38-40,45-47H,9-14,18-19,21-27H2,(H,49,50)(H,51,52)(H,53,54). The largest absolute Gasteiger partial charge is 0.481 e. The van der Waals surface area contributed by atoms with Crippen molar-refractivity contribution in [2.45, 2.75) is 58.2 Å². The van der Waals surface area contributed by atoms with Crippen LogP contribution in [0.4, 0.5) is 0 Å². The van der Waals surface area contributed by atoms with Crippen LogP contribution in [0.15, 0.2) is 77.2 Å². The number of rotatable bonds is 18. The molecule has 6 atom stereocenters. The van der Waals surface area contributed by atoms with Crippen molar-refractivity contribution < 1.29 is 34.1 Å². The quantitative estimate of drug-likeness (QED) is 0.0793. The van der Waals surface area contributed by atoms with Crippen molar-refractivity contribution in [1.82, 2.24) is 20.9 Å². The van der Waals surface area contributed by atoms with Gasteiger partial charge in [0, 0.05) is 31.4 Å². The van der Waals surface area contributed by atoms with Gasteiger partial charge in [0.1, 0.15) is 11.3 Å². The molecule has 0 spiro atoms. The van der Waals surface area contributed by atoms with E-state index in [0.717, 1.165) is 90.8 Å². The SMILES string of the molecule is O=C(O)C(Cc1cccc(CN(Cc2cccc(CC(C(=O)O)C3CCNC3)c2)Cc2ccc3oc(CC(C(=O)O)C4CCNC4)cc3c2)c1)C1CCNC1. The normalized spacial score (nSPS) is 21.6. The number of hydrogen-bond donors (Lipinski definition) is 6. The fourth-order valence-electron chi connectivity index (χ4n) is 9.15. The van der Waals surface area contributed by atoms with E-state index in [-0.39, 0.29) is 17.8 Å². The molecule has 3 aromatic carbocycles. The molecule has 0 amide bonds. The molecule has 3 saturated heterocycles. The van der Waals surface area contributed by atoms with Gasteiger partial charge in [0.2, 0.25) is 0 Å². The number of nitrogens with zero attached hydrogens (tertiary/aromatic N) is 1. The molecule has 3 aliphatic rings. The second-order valence-corrected chi connectivity index (χ2v) is 16.1. The fraction of sp³-hybridized carbons (Fsp3) is 0.477. The van der Waals surface area contributed by atoms with Crippen molar-refractivity contribution in [2.75, 3.05) is 39.3 Å². The Morgan fingerprint density at radius 1 is 0.582 bits per heavy atom. The highest BCUT2D eigenvalue weighted by atomic mass is 16.4. The summed E-state index contributed by atoms with van der Waals surface area (Å²) in [6.07, 6.45) is 3.91. The number of furan rings is 1. The number of carboxylic acids is 3. The second-order valence-electron chi connectivity index (χ2n) is 16.1. The maximum Gasteiger partial charge on any atom is 0.307 e. The minimum Gasteiger partial charge on any atom is -0.481 e. The van der Waals surface area contributed by atoms with Crippen LogP contribution in [0.2, 0.25) is 0 Å². The van der Waals surface area contributed by atoms with Gasteiger partial charge >= 0.3 is 17.9 Å². The number of carbonyl (C=O) groups is 3. The van der Waals surface area contributed by atoms with Crippen LogP contribution in [-0.2, 0) is 53.3 Å². The zero-order valence-corrected chi connectivity index (χ0v) is 31.4. The predicted octanol–water partition coefficient (Wildman–Crippen LogP) is 5.19. The van der Waals surface area contributed by atoms with Gasteiger partial charge in [-0.3, -0.25) is 19.3 Å². The summed E-state index contributed by atoms with van der Waals surface area (Å²) < 4.78 is 6.17. The monoisotopic (exact) mass is 750 g/mol. The lowest BCUT2D eigenvalue weighted by Crippen LogP contribution is -2.27. The Labute approximate surface area is 322 Å². The summed E-state index contributed by atoms with van der Waals surface area (Å²) in [5.74, 6) is -2.68. The number of carboxylic acid groups (broad SMARTS) is 3. The number of fused-ring (bicyclic) bond motifs is 1. The highest BCUT2D eigenvalue weighted by molar-refractivity contribution is 5.79. The van der Waals surface area contributed by atoms with Crippen molar-refractivity contribution in [3.63, 3.8) is 0 Å². The summed E-state index contributed by atoms with van der Waals surface area (Å²) in [7, 11) is 0. The Hall–Kier alpha value is -4.55. The molecule has 292 valence electrons. The molecule has 0 radical (unpaired) electrons. The molecule has 55 heavy (non-hydrogen) atoms. The number of hydrogen-bond acceptors (Lipinski definition) is 8. The number of aliphatic carboxylic acids is 3. The lowest BCUT2D eigenvalue weighted by Gasteiger charge is -2.24. The topological polar surface area (TPSA) is 164 Å². The third-order valence-electron chi connectivity index (χ3n) is 12.1. The molecule has 11 heteroatoms. The molecule has 7 rings (SSSR count). The molecule has 0 saturated carbocycles. The van der Waals surface area contributed by atoms with E-state index < -0.39 is 35.7 Å². The van der Waals surface area contributed by atoms with Crippen LogP contribution >= 0.6 is 0 Å². The summed E-state index contributed by atoms with van der Waals surface area (Å²) in [6.45, 7) is 6.58. The second kappa shape index (κ2) is 17.9. The van der Waals surface area contributed by atoms with Crippen molar-refractivity contribution in [3.8, 4) is 0 Å². The van der Waals surface area contributed by atoms with E-state index in [1.807, 2.05) is 36.4 Å². The zero-order valence-electron chi connectivity index (χ0n) is 31.4. The van der Waals surface area contributed by atoms with Gasteiger partial charge in [0.15, 0.2) is 0 Å². The minimum absolute atomic E-state index is 0.0799. The Morgan fingerprint density at radius 2 is 1.02 bits per heavy atom. The lowest BCUT2D eigenvalue weighted by molar-refractivity contribution is -0.144. The molecule has 4 heterocycles. The van der Waals surface area contributed by atoms with Crippen LogP contribution in [0, 0.1) is 35.5 Å². The molecule has 0 bridgehead atoms. The van der Waals surface area contributed by atoms with E-state index in [1.54, 1.807) is 0 Å². The van der Waals surface area contributed by atoms with Gasteiger partial charge in [-0.15, -0.1) is 0 Å². The third kappa shape index (κ3) is 10.0. The highest BCUT2D eigenvalue weighted by Crippen LogP contribution is 2.30. The van der Waals surface area contributed by atoms with Crippen LogP contribution in [-0.4, -0.2) is 77.4 Å². The third-order valence-corrected chi connectivity index (χ3v) is 12.1. The van der Waals surface area contributed by atoms with Crippen LogP contribution < -0.4 is 16.0 Å². The van der Waals surface area contributed by atoms with Crippen molar-refractivity contribution in [2.24, 2.45) is 35.5 Å². The molecule has 1 aromatic heterocycles. The molecular weight excluding hydrogens is 697 g/mol. The number of nitrogens with one attached hydrogen (secondary N) is 3. The first-order valence-corrected chi connectivity index (χ1v) is 19.9. The fourth-order valence-corrected chi connectivity index (χ4v) is 9.15. The Balaban J connectivity index is 1.12. The van der Waals surface area contributed by atoms with Crippen LogP contribution in [0.1, 0.15) is 52.8 Å². The average Bonchev–Trinajstić information content (AvgIpc) is 4.00. The highest BCUT2D eigenvalue weighted by Gasteiger charge is 2.33. The van der Waals surface area contributed by atoms with Gasteiger partial charge in [-0.1, -0.05) is 54.6 Å². The first-order chi connectivity index (χ1) is 26.7. The molecule has 3 fully saturated rings. The van der Waals surface area contributed by atoms with Crippen LogP contribution in [0.3, 0.4) is 0 Å². The van der Waals surface area contributed by atoms with Crippen LogP contribution in [0.5, 0.6) is 0 Å². The van der Waals surface area contributed by atoms with E-state index in [9.17, 15) is 29.7 Å². The minimum atomic E-state index is -0.790. The van der Waals surface area contributed by atoms with Gasteiger partial charge in [-0.25, -0.2) is 0 Å². The number of benzene rings is 3. The van der Waals surface area contributed by atoms with Gasteiger partial charge in [0.05, 0.1) is 17.8 Å². The molecule has 11 nitrogen and oxygen atoms in total. The first-order valence-electron chi connectivity index (χ1n) is 19.9. The average molecular weight is 751 g/mol. The summed E-state index contributed by atoms with van der Waals surface area (Å²) in [5.41, 5.74) is 6.03. The van der Waals surface area contributed by atoms with Gasteiger partial charge < -0.3 is 35.7 Å². The maximum absolute atomic E-state index is 12.3. The maximum atomic E-state index is 12.3. The Kier molecular flexibility index (Phi) is 12.6. The summed E-state index contributed by atoms with van der Waals surface area (Å²) in [4.78, 5) is 39.1. The molecular formula is C44H54N4O7. The Bertz CT molecular complexity index is 1860. The first kappa shape index (κ1) is 38.7. The zero-order chi connectivity index (χ0) is 38.3. The van der Waals surface area contributed by atoms with E-state index in [1.165, 1.54) is 0 Å². The van der Waals surface area contributed by atoms with E-state index in [4.69, 9.17) is 4.42 Å². The van der Waals surface area contributed by atoms with E-state index in [0.29, 0.717) is 51.2 Å². The lowest BCUT2D eigenvalue weighted by atomic mass is 9.86.